The molecule has 0 aliphatic carbocycles. The van der Waals surface area contributed by atoms with Crippen LogP contribution in [-0.2, 0) is 14.5 Å². The summed E-state index contributed by atoms with van der Waals surface area (Å²) in [5.74, 6) is 0.865. The Morgan fingerprint density at radius 2 is 1.76 bits per heavy atom. The van der Waals surface area contributed by atoms with Gasteiger partial charge in [-0.3, -0.25) is 0 Å². The van der Waals surface area contributed by atoms with Crippen molar-refractivity contribution in [3.63, 3.8) is 0 Å². The van der Waals surface area contributed by atoms with E-state index in [4.69, 9.17) is 14.5 Å². The third-order valence-corrected chi connectivity index (χ3v) is 3.95. The quantitative estimate of drug-likeness (QED) is 0.749. The Morgan fingerprint density at radius 3 is 2.47 bits per heavy atom. The van der Waals surface area contributed by atoms with Crippen LogP contribution in [0.5, 0.6) is 0 Å². The van der Waals surface area contributed by atoms with E-state index in [2.05, 4.69) is 32.0 Å². The third-order valence-electron chi connectivity index (χ3n) is 3.95. The molecule has 0 spiro atoms. The zero-order valence-electron chi connectivity index (χ0n) is 10.3. The Balaban J connectivity index is 2.04. The van der Waals surface area contributed by atoms with E-state index in [0.29, 0.717) is 11.8 Å². The molecule has 0 radical (unpaired) electrons. The van der Waals surface area contributed by atoms with E-state index in [1.165, 1.54) is 5.56 Å². The lowest BCUT2D eigenvalue weighted by molar-refractivity contribution is -0.299. The molecular formula is C14H18O3. The predicted molar refractivity (Wildman–Crippen MR) is 63.0 cm³/mol. The molecule has 3 rings (SSSR count). The highest BCUT2D eigenvalue weighted by atomic mass is 17.3. The maximum absolute atomic E-state index is 5.78. The molecule has 1 aromatic rings. The van der Waals surface area contributed by atoms with E-state index in [1.807, 2.05) is 6.07 Å². The second-order valence-corrected chi connectivity index (χ2v) is 4.76. The van der Waals surface area contributed by atoms with Crippen LogP contribution in [-0.4, -0.2) is 6.29 Å². The smallest absolute Gasteiger partial charge is 0.220 e. The first-order valence-corrected chi connectivity index (χ1v) is 6.41. The minimum absolute atomic E-state index is 0.236. The van der Waals surface area contributed by atoms with Crippen LogP contribution < -0.4 is 0 Å². The van der Waals surface area contributed by atoms with E-state index in [9.17, 15) is 0 Å². The first-order valence-electron chi connectivity index (χ1n) is 6.41. The Kier molecular flexibility index (Phi) is 2.90. The van der Waals surface area contributed by atoms with Gasteiger partial charge >= 0.3 is 0 Å². The molecule has 1 saturated heterocycles. The molecule has 0 saturated carbocycles. The summed E-state index contributed by atoms with van der Waals surface area (Å²) in [6, 6.07) is 8.35. The van der Waals surface area contributed by atoms with Crippen LogP contribution in [0.3, 0.4) is 0 Å². The van der Waals surface area contributed by atoms with Gasteiger partial charge in [-0.1, -0.05) is 51.0 Å². The Bertz CT molecular complexity index is 400. The van der Waals surface area contributed by atoms with Crippen molar-refractivity contribution < 1.29 is 14.5 Å². The number of fused-ring (bicyclic) bond motifs is 4. The van der Waals surface area contributed by atoms with Crippen molar-refractivity contribution in [1.82, 2.24) is 0 Å². The zero-order chi connectivity index (χ0) is 11.8. The molecule has 0 N–H and O–H groups in total. The van der Waals surface area contributed by atoms with Crippen molar-refractivity contribution in [1.29, 1.82) is 0 Å². The molecule has 0 aromatic heterocycles. The van der Waals surface area contributed by atoms with E-state index in [0.717, 1.165) is 18.4 Å². The van der Waals surface area contributed by atoms with Crippen molar-refractivity contribution >= 4 is 0 Å². The minimum atomic E-state index is -0.332. The fourth-order valence-electron chi connectivity index (χ4n) is 2.99. The molecule has 3 atom stereocenters. The fourth-order valence-corrected chi connectivity index (χ4v) is 2.99. The van der Waals surface area contributed by atoms with Gasteiger partial charge in [-0.15, -0.1) is 0 Å². The van der Waals surface area contributed by atoms with Crippen LogP contribution in [0.25, 0.3) is 0 Å². The second-order valence-electron chi connectivity index (χ2n) is 4.76. The number of benzene rings is 1. The van der Waals surface area contributed by atoms with Crippen LogP contribution in [0, 0.1) is 5.92 Å². The van der Waals surface area contributed by atoms with Crippen LogP contribution in [0.2, 0.25) is 0 Å². The topological polar surface area (TPSA) is 27.7 Å². The van der Waals surface area contributed by atoms with Gasteiger partial charge in [-0.2, -0.15) is 4.89 Å². The molecule has 2 heterocycles. The number of hydrogen-bond acceptors (Lipinski definition) is 3. The van der Waals surface area contributed by atoms with Crippen molar-refractivity contribution in [2.24, 2.45) is 5.92 Å². The second kappa shape index (κ2) is 4.41. The largest absolute Gasteiger partial charge is 0.313 e. The highest BCUT2D eigenvalue weighted by Gasteiger charge is 2.45. The normalized spacial score (nSPS) is 30.6. The van der Waals surface area contributed by atoms with Gasteiger partial charge in [0.25, 0.3) is 0 Å². The fraction of sp³-hybridized carbons (Fsp3) is 0.571. The summed E-state index contributed by atoms with van der Waals surface area (Å²) in [5.41, 5.74) is 2.46. The maximum Gasteiger partial charge on any atom is 0.220 e. The lowest BCUT2D eigenvalue weighted by Crippen LogP contribution is -2.30. The molecule has 0 amide bonds. The first-order chi connectivity index (χ1) is 8.35. The van der Waals surface area contributed by atoms with Gasteiger partial charge in [0, 0.05) is 11.5 Å². The van der Waals surface area contributed by atoms with E-state index in [1.54, 1.807) is 0 Å². The van der Waals surface area contributed by atoms with Gasteiger partial charge in [0.05, 0.1) is 0 Å². The molecule has 17 heavy (non-hydrogen) atoms. The average molecular weight is 234 g/mol. The molecule has 1 fully saturated rings. The highest BCUT2D eigenvalue weighted by Crippen LogP contribution is 2.48. The van der Waals surface area contributed by atoms with Gasteiger partial charge in [-0.05, 0) is 11.5 Å². The lowest BCUT2D eigenvalue weighted by atomic mass is 9.79. The Morgan fingerprint density at radius 1 is 1.06 bits per heavy atom. The van der Waals surface area contributed by atoms with Gasteiger partial charge in [-0.25, -0.2) is 4.89 Å². The molecule has 92 valence electrons. The molecule has 2 bridgehead atoms. The average Bonchev–Trinajstić information content (AvgIpc) is 2.80. The van der Waals surface area contributed by atoms with Crippen LogP contribution in [0.4, 0.5) is 0 Å². The molecule has 1 aromatic carbocycles. The van der Waals surface area contributed by atoms with E-state index < -0.39 is 0 Å². The summed E-state index contributed by atoms with van der Waals surface area (Å²) in [7, 11) is 0. The number of ether oxygens (including phenoxy) is 1. The van der Waals surface area contributed by atoms with Gasteiger partial charge in [0.1, 0.15) is 0 Å². The summed E-state index contributed by atoms with van der Waals surface area (Å²) in [5, 5.41) is 0. The summed E-state index contributed by atoms with van der Waals surface area (Å²) in [4.78, 5) is 10.6. The first kappa shape index (κ1) is 11.2. The summed E-state index contributed by atoms with van der Waals surface area (Å²) >= 11 is 0. The third kappa shape index (κ3) is 1.69. The van der Waals surface area contributed by atoms with E-state index >= 15 is 0 Å². The molecule has 2 aliphatic heterocycles. The maximum atomic E-state index is 5.78. The van der Waals surface area contributed by atoms with Gasteiger partial charge in [0.2, 0.25) is 12.6 Å². The predicted octanol–water partition coefficient (Wildman–Crippen LogP) is 3.52. The van der Waals surface area contributed by atoms with Crippen LogP contribution in [0.15, 0.2) is 24.3 Å². The number of hydrogen-bond donors (Lipinski definition) is 0. The molecule has 3 nitrogen and oxygen atoms in total. The van der Waals surface area contributed by atoms with Gasteiger partial charge in [0.15, 0.2) is 0 Å². The minimum Gasteiger partial charge on any atom is -0.313 e. The summed E-state index contributed by atoms with van der Waals surface area (Å²) in [6.45, 7) is 4.44. The van der Waals surface area contributed by atoms with E-state index in [-0.39, 0.29) is 12.6 Å². The lowest BCUT2D eigenvalue weighted by Gasteiger charge is -2.33. The molecule has 3 heteroatoms. The summed E-state index contributed by atoms with van der Waals surface area (Å²) in [6.07, 6.45) is 1.69. The summed E-state index contributed by atoms with van der Waals surface area (Å²) < 4.78 is 5.78. The van der Waals surface area contributed by atoms with Crippen LogP contribution >= 0.6 is 0 Å². The molecule has 0 unspecified atom stereocenters. The van der Waals surface area contributed by atoms with Crippen molar-refractivity contribution in [3.8, 4) is 0 Å². The monoisotopic (exact) mass is 234 g/mol. The standard InChI is InChI=1S/C14H18O3/c1-3-9(4-2)12-10-7-5-6-8-11(10)13-15-14(12)17-16-13/h5-9,12-14H,3-4H2,1-2H3/t12-,13-,14+/m0/s1. The van der Waals surface area contributed by atoms with Gasteiger partial charge < -0.3 is 4.74 Å². The SMILES string of the molecule is CCC(CC)[C@H]1c2ccccc2[C@@H]2OO[C@H]1O2. The molecule has 2 aliphatic rings. The highest BCUT2D eigenvalue weighted by molar-refractivity contribution is 5.34. The molecular weight excluding hydrogens is 216 g/mol. The number of rotatable bonds is 3. The van der Waals surface area contributed by atoms with Crippen molar-refractivity contribution in [2.45, 2.75) is 45.2 Å². The van der Waals surface area contributed by atoms with Crippen LogP contribution in [0.1, 0.15) is 50.0 Å². The van der Waals surface area contributed by atoms with Crippen molar-refractivity contribution in [3.05, 3.63) is 35.4 Å². The Hall–Kier alpha value is -0.900. The Labute approximate surface area is 102 Å². The zero-order valence-corrected chi connectivity index (χ0v) is 10.3. The van der Waals surface area contributed by atoms with Crippen molar-refractivity contribution in [2.75, 3.05) is 0 Å².